The van der Waals surface area contributed by atoms with Crippen LogP contribution >= 0.6 is 0 Å². The minimum Gasteiger partial charge on any atom is -0.271 e. The van der Waals surface area contributed by atoms with Crippen LogP contribution in [0, 0.1) is 0 Å². The summed E-state index contributed by atoms with van der Waals surface area (Å²) in [6.45, 7) is 2.51. The Balaban J connectivity index is 2.92. The maximum atomic E-state index is 12.3. The van der Waals surface area contributed by atoms with Crippen LogP contribution in [-0.4, -0.2) is 18.2 Å². The van der Waals surface area contributed by atoms with Crippen molar-refractivity contribution in [2.24, 2.45) is 0 Å². The lowest BCUT2D eigenvalue weighted by atomic mass is 10.5. The van der Waals surface area contributed by atoms with Gasteiger partial charge in [0.25, 0.3) is 0 Å². The van der Waals surface area contributed by atoms with Crippen molar-refractivity contribution in [3.05, 3.63) is 12.4 Å². The van der Waals surface area contributed by atoms with Crippen molar-refractivity contribution in [3.63, 3.8) is 0 Å². The first-order chi connectivity index (χ1) is 5.54. The third-order valence-electron chi connectivity index (χ3n) is 1.34. The molecule has 0 bridgehead atoms. The first-order valence-corrected chi connectivity index (χ1v) is 4.89. The Morgan fingerprint density at radius 2 is 2.33 bits per heavy atom. The lowest BCUT2D eigenvalue weighted by molar-refractivity contribution is 0.551. The fraction of sp³-hybridized carbons (Fsp3) is 0.500. The molecule has 0 aromatic carbocycles. The van der Waals surface area contributed by atoms with Crippen LogP contribution in [0.4, 0.5) is 3.89 Å². The second-order valence-corrected chi connectivity index (χ2v) is 3.72. The van der Waals surface area contributed by atoms with Crippen LogP contribution in [0.2, 0.25) is 0 Å². The molecule has 0 amide bonds. The van der Waals surface area contributed by atoms with Gasteiger partial charge in [-0.2, -0.15) is 13.5 Å². The van der Waals surface area contributed by atoms with Crippen molar-refractivity contribution >= 4 is 10.2 Å². The van der Waals surface area contributed by atoms with Gasteiger partial charge in [-0.3, -0.25) is 4.68 Å². The fourth-order valence-corrected chi connectivity index (χ4v) is 1.24. The summed E-state index contributed by atoms with van der Waals surface area (Å²) in [5, 5.41) is 3.67. The van der Waals surface area contributed by atoms with Crippen LogP contribution in [0.1, 0.15) is 13.3 Å². The number of hydrogen-bond donors (Lipinski definition) is 0. The quantitative estimate of drug-likeness (QED) is 0.670. The molecule has 0 unspecified atom stereocenters. The maximum absolute atomic E-state index is 12.3. The largest absolute Gasteiger partial charge is 0.335 e. The van der Waals surface area contributed by atoms with Gasteiger partial charge in [-0.05, 0) is 6.42 Å². The molecule has 0 N–H and O–H groups in total. The molecular weight excluding hydrogens is 183 g/mol. The molecule has 1 heterocycles. The zero-order valence-corrected chi connectivity index (χ0v) is 7.38. The molecule has 1 aromatic heterocycles. The molecule has 0 aliphatic heterocycles. The monoisotopic (exact) mass is 192 g/mol. The molecule has 12 heavy (non-hydrogen) atoms. The number of aromatic nitrogens is 2. The Morgan fingerprint density at radius 1 is 1.67 bits per heavy atom. The number of hydrogen-bond acceptors (Lipinski definition) is 3. The molecule has 0 aliphatic carbocycles. The minimum atomic E-state index is -4.58. The topological polar surface area (TPSA) is 52.0 Å². The van der Waals surface area contributed by atoms with E-state index in [4.69, 9.17) is 0 Å². The summed E-state index contributed by atoms with van der Waals surface area (Å²) in [7, 11) is -4.58. The second kappa shape index (κ2) is 3.22. The van der Waals surface area contributed by atoms with Crippen molar-refractivity contribution in [2.45, 2.75) is 24.8 Å². The molecule has 0 aliphatic rings. The van der Waals surface area contributed by atoms with E-state index in [-0.39, 0.29) is 4.90 Å². The second-order valence-electron chi connectivity index (χ2n) is 2.38. The van der Waals surface area contributed by atoms with E-state index in [0.29, 0.717) is 6.54 Å². The van der Waals surface area contributed by atoms with Gasteiger partial charge >= 0.3 is 10.2 Å². The van der Waals surface area contributed by atoms with Crippen LogP contribution in [0.3, 0.4) is 0 Å². The van der Waals surface area contributed by atoms with Crippen molar-refractivity contribution < 1.29 is 12.3 Å². The molecule has 0 atom stereocenters. The average Bonchev–Trinajstić information content (AvgIpc) is 2.35. The standard InChI is InChI=1S/C6H9FN2O2S/c1-2-3-9-5-6(4-8-9)12(7,10)11/h4-5H,2-3H2,1H3. The summed E-state index contributed by atoms with van der Waals surface area (Å²) in [5.74, 6) is 0. The normalized spacial score (nSPS) is 11.8. The summed E-state index contributed by atoms with van der Waals surface area (Å²) in [5.41, 5.74) is 0. The van der Waals surface area contributed by atoms with E-state index in [9.17, 15) is 12.3 Å². The summed E-state index contributed by atoms with van der Waals surface area (Å²) < 4.78 is 34.3. The van der Waals surface area contributed by atoms with Gasteiger partial charge in [0.1, 0.15) is 4.90 Å². The molecule has 0 fully saturated rings. The van der Waals surface area contributed by atoms with Gasteiger partial charge in [0, 0.05) is 12.7 Å². The number of aryl methyl sites for hydroxylation is 1. The van der Waals surface area contributed by atoms with Crippen molar-refractivity contribution in [1.82, 2.24) is 9.78 Å². The van der Waals surface area contributed by atoms with E-state index in [1.165, 1.54) is 10.9 Å². The predicted octanol–water partition coefficient (Wildman–Crippen LogP) is 0.951. The van der Waals surface area contributed by atoms with E-state index in [2.05, 4.69) is 5.10 Å². The number of nitrogens with zero attached hydrogens (tertiary/aromatic N) is 2. The van der Waals surface area contributed by atoms with Crippen LogP contribution < -0.4 is 0 Å². The van der Waals surface area contributed by atoms with Crippen LogP contribution in [-0.2, 0) is 16.8 Å². The lowest BCUT2D eigenvalue weighted by Crippen LogP contribution is -1.96. The Hall–Kier alpha value is -0.910. The highest BCUT2D eigenvalue weighted by Crippen LogP contribution is 2.09. The molecule has 1 aromatic rings. The molecule has 0 saturated heterocycles. The third-order valence-corrected chi connectivity index (χ3v) is 2.12. The van der Waals surface area contributed by atoms with Gasteiger partial charge in [-0.1, -0.05) is 6.92 Å². The Labute approximate surface area is 70.2 Å². The van der Waals surface area contributed by atoms with Gasteiger partial charge < -0.3 is 0 Å². The van der Waals surface area contributed by atoms with Crippen molar-refractivity contribution in [2.75, 3.05) is 0 Å². The molecule has 0 saturated carbocycles. The highest BCUT2D eigenvalue weighted by Gasteiger charge is 2.13. The summed E-state index contributed by atoms with van der Waals surface area (Å²) in [6.07, 6.45) is 3.01. The summed E-state index contributed by atoms with van der Waals surface area (Å²) in [4.78, 5) is -0.379. The van der Waals surface area contributed by atoms with Gasteiger partial charge in [0.2, 0.25) is 0 Å². The van der Waals surface area contributed by atoms with Gasteiger partial charge in [0.15, 0.2) is 0 Å². The highest BCUT2D eigenvalue weighted by molar-refractivity contribution is 7.86. The van der Waals surface area contributed by atoms with Crippen LogP contribution in [0.5, 0.6) is 0 Å². The van der Waals surface area contributed by atoms with Crippen molar-refractivity contribution in [1.29, 1.82) is 0 Å². The lowest BCUT2D eigenvalue weighted by Gasteiger charge is -1.93. The SMILES string of the molecule is CCCn1cc(S(=O)(=O)F)cn1. The van der Waals surface area contributed by atoms with Crippen LogP contribution in [0.15, 0.2) is 17.3 Å². The molecule has 1 rings (SSSR count). The molecule has 68 valence electrons. The Kier molecular flexibility index (Phi) is 2.46. The molecule has 0 radical (unpaired) electrons. The first kappa shape index (κ1) is 9.18. The van der Waals surface area contributed by atoms with E-state index in [1.54, 1.807) is 0 Å². The molecule has 6 heteroatoms. The highest BCUT2D eigenvalue weighted by atomic mass is 32.3. The van der Waals surface area contributed by atoms with E-state index >= 15 is 0 Å². The Bertz CT molecular complexity index is 357. The molecule has 4 nitrogen and oxygen atoms in total. The van der Waals surface area contributed by atoms with Gasteiger partial charge in [-0.25, -0.2) is 0 Å². The maximum Gasteiger partial charge on any atom is 0.335 e. The zero-order chi connectivity index (χ0) is 9.19. The number of halogens is 1. The molecule has 0 spiro atoms. The number of rotatable bonds is 3. The van der Waals surface area contributed by atoms with Gasteiger partial charge in [-0.15, -0.1) is 3.89 Å². The Morgan fingerprint density at radius 3 is 2.75 bits per heavy atom. The van der Waals surface area contributed by atoms with E-state index in [1.807, 2.05) is 6.92 Å². The van der Waals surface area contributed by atoms with Crippen molar-refractivity contribution in [3.8, 4) is 0 Å². The predicted molar refractivity (Wildman–Crippen MR) is 40.8 cm³/mol. The fourth-order valence-electron chi connectivity index (χ4n) is 0.822. The van der Waals surface area contributed by atoms with Gasteiger partial charge in [0.05, 0.1) is 6.20 Å². The molecular formula is C6H9FN2O2S. The third kappa shape index (κ3) is 2.04. The van der Waals surface area contributed by atoms with Crippen LogP contribution in [0.25, 0.3) is 0 Å². The summed E-state index contributed by atoms with van der Waals surface area (Å²) >= 11 is 0. The van der Waals surface area contributed by atoms with E-state index < -0.39 is 10.2 Å². The average molecular weight is 192 g/mol. The van der Waals surface area contributed by atoms with E-state index in [0.717, 1.165) is 12.6 Å². The smallest absolute Gasteiger partial charge is 0.271 e. The minimum absolute atomic E-state index is 0.379. The zero-order valence-electron chi connectivity index (χ0n) is 6.57. The first-order valence-electron chi connectivity index (χ1n) is 3.51. The summed E-state index contributed by atoms with van der Waals surface area (Å²) in [6, 6.07) is 0.